The van der Waals surface area contributed by atoms with E-state index >= 15 is 0 Å². The molecule has 0 saturated carbocycles. The molecule has 152 valence electrons. The summed E-state index contributed by atoms with van der Waals surface area (Å²) in [5.74, 6) is -1.10. The normalized spacial score (nSPS) is 10.4. The summed E-state index contributed by atoms with van der Waals surface area (Å²) in [6, 6.07) is 9.52. The Morgan fingerprint density at radius 3 is 2.55 bits per heavy atom. The van der Waals surface area contributed by atoms with Crippen LogP contribution in [0.15, 0.2) is 41.8 Å². The van der Waals surface area contributed by atoms with Crippen LogP contribution in [0.4, 0.5) is 5.69 Å². The summed E-state index contributed by atoms with van der Waals surface area (Å²) in [6.45, 7) is 3.84. The van der Waals surface area contributed by atoms with Crippen molar-refractivity contribution in [1.82, 2.24) is 16.2 Å². The van der Waals surface area contributed by atoms with Crippen LogP contribution in [0.1, 0.15) is 28.8 Å². The van der Waals surface area contributed by atoms with E-state index in [1.807, 2.05) is 49.6 Å². The highest BCUT2D eigenvalue weighted by Crippen LogP contribution is 2.16. The molecule has 0 fully saturated rings. The van der Waals surface area contributed by atoms with Crippen LogP contribution in [0.5, 0.6) is 0 Å². The molecule has 0 aliphatic rings. The molecule has 1 aromatic heterocycles. The number of thiophene rings is 1. The number of hydrogen-bond acceptors (Lipinski definition) is 5. The monoisotopic (exact) mass is 430 g/mol. The van der Waals surface area contributed by atoms with Gasteiger partial charge in [0, 0.05) is 29.5 Å². The SMILES string of the molecule is Cc1ccc(C)c(NC(=O)CCC(=O)NNC(=S)NC(=O)C=Cc2cccs2)c1. The Kier molecular flexibility index (Phi) is 8.50. The van der Waals surface area contributed by atoms with E-state index in [1.165, 1.54) is 17.4 Å². The van der Waals surface area contributed by atoms with E-state index in [0.717, 1.165) is 21.7 Å². The molecule has 1 aromatic carbocycles. The fourth-order valence-corrected chi connectivity index (χ4v) is 3.00. The smallest absolute Gasteiger partial charge is 0.250 e. The number of carbonyl (C=O) groups is 3. The fraction of sp³-hybridized carbons (Fsp3) is 0.200. The zero-order valence-corrected chi connectivity index (χ0v) is 17.7. The van der Waals surface area contributed by atoms with Crippen molar-refractivity contribution in [2.24, 2.45) is 0 Å². The van der Waals surface area contributed by atoms with Gasteiger partial charge in [0.2, 0.25) is 17.7 Å². The number of benzene rings is 1. The van der Waals surface area contributed by atoms with Crippen LogP contribution < -0.4 is 21.5 Å². The molecule has 0 aliphatic carbocycles. The average molecular weight is 431 g/mol. The minimum absolute atomic E-state index is 0.0174. The Morgan fingerprint density at radius 1 is 1.07 bits per heavy atom. The quantitative estimate of drug-likeness (QED) is 0.321. The maximum absolute atomic E-state index is 12.0. The van der Waals surface area contributed by atoms with Crippen LogP contribution in [-0.2, 0) is 14.4 Å². The highest BCUT2D eigenvalue weighted by molar-refractivity contribution is 7.80. The molecule has 2 rings (SSSR count). The maximum atomic E-state index is 12.0. The number of carbonyl (C=O) groups excluding carboxylic acids is 3. The molecular formula is C20H22N4O3S2. The molecule has 7 nitrogen and oxygen atoms in total. The number of nitrogens with one attached hydrogen (secondary N) is 4. The van der Waals surface area contributed by atoms with Gasteiger partial charge in [0.05, 0.1) is 0 Å². The molecule has 29 heavy (non-hydrogen) atoms. The Bertz CT molecular complexity index is 924. The third kappa shape index (κ3) is 8.24. The van der Waals surface area contributed by atoms with E-state index in [-0.39, 0.29) is 23.9 Å². The molecular weight excluding hydrogens is 408 g/mol. The lowest BCUT2D eigenvalue weighted by Gasteiger charge is -2.11. The molecule has 0 aliphatic heterocycles. The maximum Gasteiger partial charge on any atom is 0.250 e. The molecule has 9 heteroatoms. The number of aryl methyl sites for hydroxylation is 2. The number of anilines is 1. The van der Waals surface area contributed by atoms with Crippen LogP contribution in [-0.4, -0.2) is 22.8 Å². The number of hydrogen-bond donors (Lipinski definition) is 4. The molecule has 0 saturated heterocycles. The van der Waals surface area contributed by atoms with Crippen molar-refractivity contribution in [2.75, 3.05) is 5.32 Å². The molecule has 1 heterocycles. The van der Waals surface area contributed by atoms with E-state index in [4.69, 9.17) is 12.2 Å². The van der Waals surface area contributed by atoms with Gasteiger partial charge in [-0.3, -0.25) is 30.6 Å². The first-order valence-corrected chi connectivity index (χ1v) is 10.1. The lowest BCUT2D eigenvalue weighted by atomic mass is 10.1. The van der Waals surface area contributed by atoms with Crippen LogP contribution in [0, 0.1) is 13.8 Å². The first-order valence-electron chi connectivity index (χ1n) is 8.82. The van der Waals surface area contributed by atoms with Gasteiger partial charge in [0.15, 0.2) is 5.11 Å². The Morgan fingerprint density at radius 2 is 1.83 bits per heavy atom. The van der Waals surface area contributed by atoms with Crippen molar-refractivity contribution >= 4 is 58.2 Å². The lowest BCUT2D eigenvalue weighted by molar-refractivity contribution is -0.124. The fourth-order valence-electron chi connectivity index (χ4n) is 2.23. The lowest BCUT2D eigenvalue weighted by Crippen LogP contribution is -2.48. The summed E-state index contributed by atoms with van der Waals surface area (Å²) in [4.78, 5) is 36.6. The standard InChI is InChI=1S/C20H22N4O3S2/c1-13-5-6-14(2)16(12-13)21-17(25)9-10-19(27)23-24-20(28)22-18(26)8-7-15-4-3-11-29-15/h3-8,11-12H,9-10H2,1-2H3,(H,21,25)(H,23,27)(H2,22,24,26,28). The average Bonchev–Trinajstić information content (AvgIpc) is 3.19. The molecule has 3 amide bonds. The Balaban J connectivity index is 1.67. The molecule has 4 N–H and O–H groups in total. The topological polar surface area (TPSA) is 99.3 Å². The summed E-state index contributed by atoms with van der Waals surface area (Å²) >= 11 is 6.45. The van der Waals surface area contributed by atoms with E-state index in [0.29, 0.717) is 0 Å². The van der Waals surface area contributed by atoms with Gasteiger partial charge in [-0.05, 0) is 60.8 Å². The van der Waals surface area contributed by atoms with E-state index in [2.05, 4.69) is 21.5 Å². The second-order valence-corrected chi connectivity index (χ2v) is 7.59. The van der Waals surface area contributed by atoms with E-state index in [9.17, 15) is 14.4 Å². The van der Waals surface area contributed by atoms with Gasteiger partial charge in [-0.15, -0.1) is 11.3 Å². The summed E-state index contributed by atoms with van der Waals surface area (Å²) in [5.41, 5.74) is 7.50. The van der Waals surface area contributed by atoms with Gasteiger partial charge in [-0.25, -0.2) is 0 Å². The summed E-state index contributed by atoms with van der Waals surface area (Å²) < 4.78 is 0. The van der Waals surface area contributed by atoms with Crippen LogP contribution in [0.25, 0.3) is 6.08 Å². The number of amides is 3. The summed E-state index contributed by atoms with van der Waals surface area (Å²) in [7, 11) is 0. The minimum Gasteiger partial charge on any atom is -0.326 e. The third-order valence-corrected chi connectivity index (χ3v) is 4.78. The van der Waals surface area contributed by atoms with Crippen LogP contribution in [0.2, 0.25) is 0 Å². The molecule has 0 atom stereocenters. The summed E-state index contributed by atoms with van der Waals surface area (Å²) in [6.07, 6.45) is 3.00. The molecule has 0 radical (unpaired) electrons. The first kappa shape index (κ1) is 22.3. The van der Waals surface area contributed by atoms with Gasteiger partial charge in [0.25, 0.3) is 0 Å². The van der Waals surface area contributed by atoms with Crippen LogP contribution >= 0.6 is 23.6 Å². The van der Waals surface area contributed by atoms with Crippen molar-refractivity contribution < 1.29 is 14.4 Å². The Hall–Kier alpha value is -3.04. The molecule has 0 unspecified atom stereocenters. The zero-order valence-electron chi connectivity index (χ0n) is 16.1. The number of hydrazine groups is 1. The van der Waals surface area contributed by atoms with Gasteiger partial charge < -0.3 is 5.32 Å². The van der Waals surface area contributed by atoms with Crippen molar-refractivity contribution in [3.63, 3.8) is 0 Å². The van der Waals surface area contributed by atoms with E-state index in [1.54, 1.807) is 6.08 Å². The van der Waals surface area contributed by atoms with Gasteiger partial charge in [-0.1, -0.05) is 18.2 Å². The zero-order chi connectivity index (χ0) is 21.2. The van der Waals surface area contributed by atoms with Gasteiger partial charge >= 0.3 is 0 Å². The van der Waals surface area contributed by atoms with Gasteiger partial charge in [-0.2, -0.15) is 0 Å². The highest BCUT2D eigenvalue weighted by atomic mass is 32.1. The highest BCUT2D eigenvalue weighted by Gasteiger charge is 2.09. The second kappa shape index (κ2) is 11.1. The second-order valence-electron chi connectivity index (χ2n) is 6.21. The summed E-state index contributed by atoms with van der Waals surface area (Å²) in [5, 5.41) is 7.07. The predicted molar refractivity (Wildman–Crippen MR) is 119 cm³/mol. The van der Waals surface area contributed by atoms with Crippen molar-refractivity contribution in [2.45, 2.75) is 26.7 Å². The molecule has 0 spiro atoms. The minimum atomic E-state index is -0.424. The van der Waals surface area contributed by atoms with Gasteiger partial charge in [0.1, 0.15) is 0 Å². The van der Waals surface area contributed by atoms with Crippen molar-refractivity contribution in [3.05, 3.63) is 57.8 Å². The third-order valence-electron chi connectivity index (χ3n) is 3.74. The largest absolute Gasteiger partial charge is 0.326 e. The van der Waals surface area contributed by atoms with Crippen molar-refractivity contribution in [3.8, 4) is 0 Å². The van der Waals surface area contributed by atoms with E-state index < -0.39 is 11.8 Å². The van der Waals surface area contributed by atoms with Crippen LogP contribution in [0.3, 0.4) is 0 Å². The van der Waals surface area contributed by atoms with Crippen molar-refractivity contribution in [1.29, 1.82) is 0 Å². The molecule has 2 aromatic rings. The predicted octanol–water partition coefficient (Wildman–Crippen LogP) is 2.82. The first-order chi connectivity index (χ1) is 13.8. The number of rotatable bonds is 6. The Labute approximate surface area is 178 Å². The molecule has 0 bridgehead atoms. The number of thiocarbonyl (C=S) groups is 1.